The Balaban J connectivity index is 1.83. The number of esters is 1. The molecule has 130 valence electrons. The lowest BCUT2D eigenvalue weighted by Gasteiger charge is -2.02. The average Bonchev–Trinajstić information content (AvgIpc) is 3.05. The molecule has 0 atom stereocenters. The highest BCUT2D eigenvalue weighted by atomic mass is 35.5. The molecule has 0 saturated carbocycles. The zero-order valence-corrected chi connectivity index (χ0v) is 15.0. The van der Waals surface area contributed by atoms with Crippen molar-refractivity contribution in [1.29, 1.82) is 0 Å². The molecule has 26 heavy (non-hydrogen) atoms. The second-order valence-corrected chi connectivity index (χ2v) is 6.71. The van der Waals surface area contributed by atoms with Crippen molar-refractivity contribution in [3.8, 4) is 0 Å². The molecule has 0 unspecified atom stereocenters. The molecule has 0 bridgehead atoms. The van der Waals surface area contributed by atoms with Gasteiger partial charge in [-0.05, 0) is 30.3 Å². The summed E-state index contributed by atoms with van der Waals surface area (Å²) in [7, 11) is 1.30. The van der Waals surface area contributed by atoms with Gasteiger partial charge in [0.05, 0.1) is 34.3 Å². The average molecular weight is 387 g/mol. The second kappa shape index (κ2) is 6.40. The number of rotatable bonds is 3. The first-order chi connectivity index (χ1) is 12.6. The van der Waals surface area contributed by atoms with Crippen molar-refractivity contribution in [2.75, 3.05) is 12.4 Å². The van der Waals surface area contributed by atoms with Crippen LogP contribution in [-0.4, -0.2) is 27.7 Å². The molecule has 0 radical (unpaired) electrons. The van der Waals surface area contributed by atoms with Crippen molar-refractivity contribution in [2.24, 2.45) is 0 Å². The minimum Gasteiger partial charge on any atom is -0.465 e. The van der Waals surface area contributed by atoms with E-state index in [0.717, 1.165) is 0 Å². The Morgan fingerprint density at radius 2 is 2.08 bits per heavy atom. The van der Waals surface area contributed by atoms with Gasteiger partial charge in [0.15, 0.2) is 0 Å². The van der Waals surface area contributed by atoms with Crippen LogP contribution in [0.5, 0.6) is 0 Å². The molecule has 0 aliphatic carbocycles. The number of carbonyl (C=O) groups excluding carboxylic acids is 1. The minimum atomic E-state index is -0.487. The van der Waals surface area contributed by atoms with Gasteiger partial charge in [-0.15, -0.1) is 5.10 Å². The third kappa shape index (κ3) is 2.79. The Hall–Kier alpha value is -2.97. The fourth-order valence-electron chi connectivity index (χ4n) is 2.48. The van der Waals surface area contributed by atoms with Crippen molar-refractivity contribution in [2.45, 2.75) is 0 Å². The quantitative estimate of drug-likeness (QED) is 0.542. The molecule has 7 nitrogen and oxygen atoms in total. The van der Waals surface area contributed by atoms with Gasteiger partial charge in [-0.2, -0.15) is 4.52 Å². The largest absolute Gasteiger partial charge is 0.465 e. The van der Waals surface area contributed by atoms with Crippen LogP contribution in [0.2, 0.25) is 5.02 Å². The number of carbonyl (C=O) groups is 1. The van der Waals surface area contributed by atoms with Gasteiger partial charge < -0.3 is 10.1 Å². The smallest absolute Gasteiger partial charge is 0.337 e. The summed E-state index contributed by atoms with van der Waals surface area (Å²) >= 11 is 7.34. The molecule has 0 aliphatic rings. The number of nitrogens with one attached hydrogen (secondary N) is 1. The second-order valence-electron chi connectivity index (χ2n) is 5.35. The lowest BCUT2D eigenvalue weighted by Crippen LogP contribution is -2.15. The summed E-state index contributed by atoms with van der Waals surface area (Å²) < 4.78 is 5.93. The number of halogens is 1. The van der Waals surface area contributed by atoms with E-state index in [-0.39, 0.29) is 5.56 Å². The van der Waals surface area contributed by atoms with E-state index in [9.17, 15) is 9.59 Å². The first-order valence-electron chi connectivity index (χ1n) is 7.50. The number of ether oxygens (including phenoxy) is 1. The number of nitrogens with zero attached hydrogens (tertiary/aromatic N) is 3. The molecule has 0 spiro atoms. The van der Waals surface area contributed by atoms with E-state index in [0.29, 0.717) is 37.3 Å². The van der Waals surface area contributed by atoms with E-state index in [2.05, 4.69) is 15.4 Å². The molecule has 2 aromatic carbocycles. The highest BCUT2D eigenvalue weighted by molar-refractivity contribution is 7.20. The van der Waals surface area contributed by atoms with Crippen molar-refractivity contribution in [3.63, 3.8) is 0 Å². The monoisotopic (exact) mass is 386 g/mol. The van der Waals surface area contributed by atoms with Gasteiger partial charge in [-0.3, -0.25) is 4.79 Å². The zero-order chi connectivity index (χ0) is 18.3. The molecule has 0 fully saturated rings. The van der Waals surface area contributed by atoms with Crippen LogP contribution in [0.1, 0.15) is 10.4 Å². The summed E-state index contributed by atoms with van der Waals surface area (Å²) in [5, 5.41) is 8.74. The predicted octanol–water partition coefficient (Wildman–Crippen LogP) is 3.49. The van der Waals surface area contributed by atoms with Crippen molar-refractivity contribution in [3.05, 3.63) is 63.4 Å². The molecule has 2 aromatic heterocycles. The van der Waals surface area contributed by atoms with Crippen LogP contribution in [0, 0.1) is 0 Å². The molecule has 4 aromatic rings. The normalized spacial score (nSPS) is 11.0. The van der Waals surface area contributed by atoms with E-state index >= 15 is 0 Å². The minimum absolute atomic E-state index is 0.315. The van der Waals surface area contributed by atoms with Gasteiger partial charge >= 0.3 is 5.97 Å². The van der Waals surface area contributed by atoms with Gasteiger partial charge in [0, 0.05) is 0 Å². The number of anilines is 2. The molecule has 0 aliphatic heterocycles. The Morgan fingerprint density at radius 1 is 1.27 bits per heavy atom. The zero-order valence-electron chi connectivity index (χ0n) is 13.4. The Kier molecular flexibility index (Phi) is 4.06. The molecule has 4 rings (SSSR count). The van der Waals surface area contributed by atoms with Gasteiger partial charge in [0.25, 0.3) is 5.56 Å². The van der Waals surface area contributed by atoms with E-state index < -0.39 is 5.97 Å². The van der Waals surface area contributed by atoms with Gasteiger partial charge in [0.1, 0.15) is 0 Å². The van der Waals surface area contributed by atoms with Gasteiger partial charge in [0.2, 0.25) is 10.1 Å². The number of hydrogen-bond acceptors (Lipinski definition) is 7. The Morgan fingerprint density at radius 3 is 2.85 bits per heavy atom. The van der Waals surface area contributed by atoms with Crippen molar-refractivity contribution >= 4 is 55.6 Å². The topological polar surface area (TPSA) is 85.6 Å². The number of aromatic nitrogens is 3. The van der Waals surface area contributed by atoms with Crippen LogP contribution < -0.4 is 10.9 Å². The number of benzene rings is 2. The van der Waals surface area contributed by atoms with Crippen molar-refractivity contribution in [1.82, 2.24) is 14.6 Å². The standard InChI is InChI=1S/C17H11ClN4O3S/c1-25-15(24)9-6-7-10-13(8-9)20-17-22(14(10)23)21-16(26-17)19-12-5-3-2-4-11(12)18/h2-8H,1H3,(H,19,21). The highest BCUT2D eigenvalue weighted by Gasteiger charge is 2.14. The van der Waals surface area contributed by atoms with E-state index in [1.165, 1.54) is 35.1 Å². The van der Waals surface area contributed by atoms with Crippen LogP contribution in [0.4, 0.5) is 10.8 Å². The van der Waals surface area contributed by atoms with Gasteiger partial charge in [-0.25, -0.2) is 9.78 Å². The number of para-hydroxylation sites is 1. The third-order valence-electron chi connectivity index (χ3n) is 3.73. The SMILES string of the molecule is COC(=O)c1ccc2c(=O)n3nc(Nc4ccccc4Cl)sc3nc2c1. The summed E-state index contributed by atoms with van der Waals surface area (Å²) in [6, 6.07) is 11.8. The fourth-order valence-corrected chi connectivity index (χ4v) is 3.48. The highest BCUT2D eigenvalue weighted by Crippen LogP contribution is 2.27. The maximum absolute atomic E-state index is 12.7. The number of hydrogen-bond donors (Lipinski definition) is 1. The first-order valence-corrected chi connectivity index (χ1v) is 8.70. The summed E-state index contributed by atoms with van der Waals surface area (Å²) in [5.74, 6) is -0.487. The molecular weight excluding hydrogens is 376 g/mol. The van der Waals surface area contributed by atoms with Gasteiger partial charge in [-0.1, -0.05) is 35.1 Å². The first kappa shape index (κ1) is 16.5. The summed E-state index contributed by atoms with van der Waals surface area (Å²) in [6.07, 6.45) is 0. The molecule has 2 heterocycles. The molecule has 1 N–H and O–H groups in total. The number of fused-ring (bicyclic) bond motifs is 2. The molecule has 0 amide bonds. The molecule has 9 heteroatoms. The van der Waals surface area contributed by atoms with Crippen LogP contribution in [0.25, 0.3) is 15.9 Å². The Labute approximate surface area is 155 Å². The lowest BCUT2D eigenvalue weighted by molar-refractivity contribution is 0.0601. The summed E-state index contributed by atoms with van der Waals surface area (Å²) in [5.41, 5.74) is 1.10. The summed E-state index contributed by atoms with van der Waals surface area (Å²) in [4.78, 5) is 29.2. The van der Waals surface area contributed by atoms with E-state index in [1.54, 1.807) is 12.1 Å². The van der Waals surface area contributed by atoms with E-state index in [1.807, 2.05) is 18.2 Å². The Bertz CT molecular complexity index is 1220. The number of methoxy groups -OCH3 is 1. The van der Waals surface area contributed by atoms with E-state index in [4.69, 9.17) is 16.3 Å². The molecular formula is C17H11ClN4O3S. The maximum atomic E-state index is 12.7. The fraction of sp³-hybridized carbons (Fsp3) is 0.0588. The summed E-state index contributed by atoms with van der Waals surface area (Å²) in [6.45, 7) is 0. The lowest BCUT2D eigenvalue weighted by atomic mass is 10.1. The van der Waals surface area contributed by atoms with Crippen LogP contribution in [-0.2, 0) is 4.74 Å². The molecule has 0 saturated heterocycles. The predicted molar refractivity (Wildman–Crippen MR) is 101 cm³/mol. The maximum Gasteiger partial charge on any atom is 0.337 e. The van der Waals surface area contributed by atoms with Crippen molar-refractivity contribution < 1.29 is 9.53 Å². The van der Waals surface area contributed by atoms with Crippen LogP contribution in [0.15, 0.2) is 47.3 Å². The third-order valence-corrected chi connectivity index (χ3v) is 4.89. The van der Waals surface area contributed by atoms with Crippen LogP contribution >= 0.6 is 22.9 Å². The van der Waals surface area contributed by atoms with Crippen LogP contribution in [0.3, 0.4) is 0 Å².